The number of amides is 1. The standard InChI is InChI=1S/C18H25ClN2O3/c1-13(2)24-18-15(19)11-14(12-16(18)23-4)5-6-17(22)21-9-7-20(3)8-10-21/h5-6,11-13H,7-10H2,1-4H3/b6-5+. The molecular weight excluding hydrogens is 328 g/mol. The van der Waals surface area contributed by atoms with Crippen LogP contribution in [-0.2, 0) is 4.79 Å². The Kier molecular flexibility index (Phi) is 6.52. The van der Waals surface area contributed by atoms with Gasteiger partial charge in [0.2, 0.25) is 5.91 Å². The van der Waals surface area contributed by atoms with Gasteiger partial charge in [0.15, 0.2) is 11.5 Å². The summed E-state index contributed by atoms with van der Waals surface area (Å²) >= 11 is 6.30. The molecule has 0 aromatic heterocycles. The minimum atomic E-state index is -0.00315. The lowest BCUT2D eigenvalue weighted by molar-refractivity contribution is -0.127. The van der Waals surface area contributed by atoms with Crippen LogP contribution in [0.3, 0.4) is 0 Å². The molecule has 0 bridgehead atoms. The van der Waals surface area contributed by atoms with E-state index in [2.05, 4.69) is 11.9 Å². The van der Waals surface area contributed by atoms with Crippen molar-refractivity contribution in [2.24, 2.45) is 0 Å². The van der Waals surface area contributed by atoms with Gasteiger partial charge in [0.1, 0.15) is 0 Å². The van der Waals surface area contributed by atoms with Crippen LogP contribution in [0, 0.1) is 0 Å². The van der Waals surface area contributed by atoms with E-state index in [1.807, 2.05) is 24.8 Å². The summed E-state index contributed by atoms with van der Waals surface area (Å²) < 4.78 is 11.1. The Morgan fingerprint density at radius 2 is 1.92 bits per heavy atom. The molecule has 0 N–H and O–H groups in total. The molecule has 1 aliphatic rings. The molecule has 0 spiro atoms. The van der Waals surface area contributed by atoms with Crippen LogP contribution in [0.5, 0.6) is 11.5 Å². The van der Waals surface area contributed by atoms with Gasteiger partial charge in [-0.3, -0.25) is 4.79 Å². The summed E-state index contributed by atoms with van der Waals surface area (Å²) in [6, 6.07) is 3.59. The van der Waals surface area contributed by atoms with Crippen LogP contribution < -0.4 is 9.47 Å². The largest absolute Gasteiger partial charge is 0.493 e. The molecule has 1 aliphatic heterocycles. The number of rotatable bonds is 5. The number of methoxy groups -OCH3 is 1. The normalized spacial score (nSPS) is 16.0. The second-order valence-corrected chi connectivity index (χ2v) is 6.57. The number of ether oxygens (including phenoxy) is 2. The van der Waals surface area contributed by atoms with Gasteiger partial charge in [-0.2, -0.15) is 0 Å². The first-order valence-corrected chi connectivity index (χ1v) is 8.48. The minimum absolute atomic E-state index is 0.00315. The predicted molar refractivity (Wildman–Crippen MR) is 96.9 cm³/mol. The molecule has 1 aromatic rings. The zero-order valence-corrected chi connectivity index (χ0v) is 15.5. The third-order valence-corrected chi connectivity index (χ3v) is 4.12. The van der Waals surface area contributed by atoms with Gasteiger partial charge in [-0.15, -0.1) is 0 Å². The summed E-state index contributed by atoms with van der Waals surface area (Å²) in [7, 11) is 3.63. The number of benzene rings is 1. The van der Waals surface area contributed by atoms with E-state index in [1.165, 1.54) is 0 Å². The van der Waals surface area contributed by atoms with Crippen molar-refractivity contribution in [3.63, 3.8) is 0 Å². The Morgan fingerprint density at radius 1 is 1.25 bits per heavy atom. The smallest absolute Gasteiger partial charge is 0.246 e. The zero-order valence-electron chi connectivity index (χ0n) is 14.7. The Hall–Kier alpha value is -1.72. The maximum absolute atomic E-state index is 12.3. The summed E-state index contributed by atoms with van der Waals surface area (Å²) in [4.78, 5) is 16.3. The first-order chi connectivity index (χ1) is 11.4. The molecule has 2 rings (SSSR count). The number of piperazine rings is 1. The second kappa shape index (κ2) is 8.40. The topological polar surface area (TPSA) is 42.0 Å². The molecule has 1 amide bonds. The van der Waals surface area contributed by atoms with Crippen molar-refractivity contribution in [3.8, 4) is 11.5 Å². The third-order valence-electron chi connectivity index (χ3n) is 3.84. The molecular formula is C18H25ClN2O3. The molecule has 0 atom stereocenters. The SMILES string of the molecule is COc1cc(/C=C/C(=O)N2CCN(C)CC2)cc(Cl)c1OC(C)C. The molecule has 1 fully saturated rings. The Balaban J connectivity index is 2.11. The lowest BCUT2D eigenvalue weighted by Gasteiger charge is -2.31. The number of nitrogens with zero attached hydrogens (tertiary/aromatic N) is 2. The first-order valence-electron chi connectivity index (χ1n) is 8.10. The van der Waals surface area contributed by atoms with Gasteiger partial charge < -0.3 is 19.3 Å². The molecule has 0 aliphatic carbocycles. The van der Waals surface area contributed by atoms with E-state index in [4.69, 9.17) is 21.1 Å². The second-order valence-electron chi connectivity index (χ2n) is 6.16. The van der Waals surface area contributed by atoms with Crippen LogP contribution in [-0.4, -0.2) is 62.1 Å². The van der Waals surface area contributed by atoms with Gasteiger partial charge in [-0.25, -0.2) is 0 Å². The van der Waals surface area contributed by atoms with E-state index in [0.717, 1.165) is 31.7 Å². The Labute approximate surface area is 148 Å². The number of halogens is 1. The van der Waals surface area contributed by atoms with Crippen LogP contribution in [0.25, 0.3) is 6.08 Å². The highest BCUT2D eigenvalue weighted by Gasteiger charge is 2.17. The first kappa shape index (κ1) is 18.6. The molecule has 0 unspecified atom stereocenters. The lowest BCUT2D eigenvalue weighted by atomic mass is 10.1. The number of carbonyl (C=O) groups excluding carboxylic acids is 1. The quantitative estimate of drug-likeness (QED) is 0.764. The molecule has 0 saturated carbocycles. The van der Waals surface area contributed by atoms with Crippen molar-refractivity contribution in [2.75, 3.05) is 40.3 Å². The van der Waals surface area contributed by atoms with E-state index < -0.39 is 0 Å². The van der Waals surface area contributed by atoms with E-state index in [0.29, 0.717) is 16.5 Å². The van der Waals surface area contributed by atoms with E-state index in [1.54, 1.807) is 25.3 Å². The molecule has 1 saturated heterocycles. The van der Waals surface area contributed by atoms with E-state index in [-0.39, 0.29) is 12.0 Å². The van der Waals surface area contributed by atoms with E-state index >= 15 is 0 Å². The molecule has 6 heteroatoms. The molecule has 1 heterocycles. The lowest BCUT2D eigenvalue weighted by Crippen LogP contribution is -2.46. The van der Waals surface area contributed by atoms with Crippen molar-refractivity contribution < 1.29 is 14.3 Å². The number of hydrogen-bond donors (Lipinski definition) is 0. The minimum Gasteiger partial charge on any atom is -0.493 e. The van der Waals surface area contributed by atoms with Crippen molar-refractivity contribution in [1.29, 1.82) is 0 Å². The van der Waals surface area contributed by atoms with Gasteiger partial charge in [-0.05, 0) is 44.7 Å². The summed E-state index contributed by atoms with van der Waals surface area (Å²) in [5.41, 5.74) is 0.801. The van der Waals surface area contributed by atoms with Crippen molar-refractivity contribution >= 4 is 23.6 Å². The van der Waals surface area contributed by atoms with Crippen LogP contribution in [0.1, 0.15) is 19.4 Å². The van der Waals surface area contributed by atoms with Gasteiger partial charge in [-0.1, -0.05) is 11.6 Å². The fourth-order valence-electron chi connectivity index (χ4n) is 2.49. The molecule has 132 valence electrons. The van der Waals surface area contributed by atoms with Crippen LogP contribution in [0.15, 0.2) is 18.2 Å². The fraction of sp³-hybridized carbons (Fsp3) is 0.500. The summed E-state index contributed by atoms with van der Waals surface area (Å²) in [5, 5.41) is 0.467. The highest BCUT2D eigenvalue weighted by Crippen LogP contribution is 2.37. The van der Waals surface area contributed by atoms with E-state index in [9.17, 15) is 4.79 Å². The predicted octanol–water partition coefficient (Wildman–Crippen LogP) is 2.92. The maximum atomic E-state index is 12.3. The highest BCUT2D eigenvalue weighted by atomic mass is 35.5. The average molecular weight is 353 g/mol. The number of hydrogen-bond acceptors (Lipinski definition) is 4. The van der Waals surface area contributed by atoms with Crippen LogP contribution >= 0.6 is 11.6 Å². The molecule has 5 nitrogen and oxygen atoms in total. The van der Waals surface area contributed by atoms with Gasteiger partial charge in [0.25, 0.3) is 0 Å². The van der Waals surface area contributed by atoms with Gasteiger partial charge in [0.05, 0.1) is 18.2 Å². The van der Waals surface area contributed by atoms with Crippen molar-refractivity contribution in [3.05, 3.63) is 28.8 Å². The van der Waals surface area contributed by atoms with Gasteiger partial charge >= 0.3 is 0 Å². The monoisotopic (exact) mass is 352 g/mol. The molecule has 1 aromatic carbocycles. The Bertz CT molecular complexity index is 609. The summed E-state index contributed by atoms with van der Waals surface area (Å²) in [6.07, 6.45) is 3.34. The summed E-state index contributed by atoms with van der Waals surface area (Å²) in [5.74, 6) is 1.10. The Morgan fingerprint density at radius 3 is 2.50 bits per heavy atom. The number of likely N-dealkylation sites (N-methyl/N-ethyl adjacent to an activating group) is 1. The fourth-order valence-corrected chi connectivity index (χ4v) is 2.75. The van der Waals surface area contributed by atoms with Gasteiger partial charge in [0, 0.05) is 32.3 Å². The highest BCUT2D eigenvalue weighted by molar-refractivity contribution is 6.32. The molecule has 24 heavy (non-hydrogen) atoms. The maximum Gasteiger partial charge on any atom is 0.246 e. The van der Waals surface area contributed by atoms with Crippen molar-refractivity contribution in [1.82, 2.24) is 9.80 Å². The average Bonchev–Trinajstić information content (AvgIpc) is 2.55. The van der Waals surface area contributed by atoms with Crippen molar-refractivity contribution in [2.45, 2.75) is 20.0 Å². The zero-order chi connectivity index (χ0) is 17.7. The summed E-state index contributed by atoms with van der Waals surface area (Å²) in [6.45, 7) is 7.17. The number of carbonyl (C=O) groups is 1. The van der Waals surface area contributed by atoms with Crippen LogP contribution in [0.4, 0.5) is 0 Å². The van der Waals surface area contributed by atoms with Crippen LogP contribution in [0.2, 0.25) is 5.02 Å². The molecule has 0 radical (unpaired) electrons. The third kappa shape index (κ3) is 4.89.